The van der Waals surface area contributed by atoms with Crippen LogP contribution in [0.1, 0.15) is 15.9 Å². The summed E-state index contributed by atoms with van der Waals surface area (Å²) in [6, 6.07) is 17.1. The molecule has 2 rings (SSSR count). The minimum Gasteiger partial charge on any atom is -0.491 e. The Labute approximate surface area is 118 Å². The molecule has 0 aromatic heterocycles. The summed E-state index contributed by atoms with van der Waals surface area (Å²) in [4.78, 5) is 11.2. The van der Waals surface area contributed by atoms with Gasteiger partial charge in [-0.2, -0.15) is 0 Å². The molecule has 104 valence electrons. The number of carbonyl (C=O) groups is 1. The molecule has 0 bridgehead atoms. The van der Waals surface area contributed by atoms with Crippen molar-refractivity contribution in [2.75, 3.05) is 13.2 Å². The second-order valence-corrected chi connectivity index (χ2v) is 4.37. The fourth-order valence-electron chi connectivity index (χ4n) is 1.86. The van der Waals surface area contributed by atoms with Gasteiger partial charge in [-0.25, -0.2) is 0 Å². The fourth-order valence-corrected chi connectivity index (χ4v) is 1.86. The largest absolute Gasteiger partial charge is 0.491 e. The van der Waals surface area contributed by atoms with Gasteiger partial charge >= 0.3 is 0 Å². The summed E-state index contributed by atoms with van der Waals surface area (Å²) in [6.07, 6.45) is 0. The number of carbonyl (C=O) groups excluding carboxylic acids is 1. The molecule has 0 aliphatic heterocycles. The van der Waals surface area contributed by atoms with Gasteiger partial charge in [-0.1, -0.05) is 42.5 Å². The number of hydrogen-bond acceptors (Lipinski definition) is 3. The third kappa shape index (κ3) is 4.10. The molecule has 0 atom stereocenters. The number of amides is 1. The van der Waals surface area contributed by atoms with Crippen molar-refractivity contribution < 1.29 is 9.53 Å². The Morgan fingerprint density at radius 3 is 2.50 bits per heavy atom. The summed E-state index contributed by atoms with van der Waals surface area (Å²) in [7, 11) is 0. The molecule has 0 saturated heterocycles. The molecule has 3 N–H and O–H groups in total. The number of rotatable bonds is 7. The van der Waals surface area contributed by atoms with Crippen LogP contribution in [0.3, 0.4) is 0 Å². The molecule has 20 heavy (non-hydrogen) atoms. The van der Waals surface area contributed by atoms with Crippen LogP contribution in [0, 0.1) is 0 Å². The Bertz CT molecular complexity index is 555. The maximum atomic E-state index is 11.2. The van der Waals surface area contributed by atoms with Gasteiger partial charge in [0.1, 0.15) is 12.4 Å². The molecule has 4 nitrogen and oxygen atoms in total. The molecule has 2 aromatic rings. The molecule has 4 heteroatoms. The number of ether oxygens (including phenoxy) is 1. The number of nitrogens with one attached hydrogen (secondary N) is 1. The van der Waals surface area contributed by atoms with Gasteiger partial charge in [-0.15, -0.1) is 0 Å². The number of benzene rings is 2. The fraction of sp³-hybridized carbons (Fsp3) is 0.188. The van der Waals surface area contributed by atoms with E-state index in [0.717, 1.165) is 6.54 Å². The summed E-state index contributed by atoms with van der Waals surface area (Å²) in [6.45, 7) is 1.97. The molecule has 0 saturated carbocycles. The molecular weight excluding hydrogens is 252 g/mol. The Balaban J connectivity index is 1.75. The molecule has 0 unspecified atom stereocenters. The molecule has 0 aliphatic carbocycles. The topological polar surface area (TPSA) is 64.4 Å². The summed E-state index contributed by atoms with van der Waals surface area (Å²) in [5, 5.41) is 3.28. The molecular formula is C16H18N2O2. The first-order chi connectivity index (χ1) is 9.77. The first-order valence-electron chi connectivity index (χ1n) is 6.53. The van der Waals surface area contributed by atoms with Crippen molar-refractivity contribution in [3.8, 4) is 5.75 Å². The van der Waals surface area contributed by atoms with E-state index in [1.807, 2.05) is 24.3 Å². The minimum atomic E-state index is -0.474. The van der Waals surface area contributed by atoms with Crippen molar-refractivity contribution in [3.05, 3.63) is 65.7 Å². The first-order valence-corrected chi connectivity index (χ1v) is 6.53. The molecule has 1 amide bonds. The second kappa shape index (κ2) is 7.31. The highest BCUT2D eigenvalue weighted by Crippen LogP contribution is 2.16. The average Bonchev–Trinajstić information content (AvgIpc) is 2.48. The van der Waals surface area contributed by atoms with Crippen LogP contribution in [0.25, 0.3) is 0 Å². The summed E-state index contributed by atoms with van der Waals surface area (Å²) >= 11 is 0. The first kappa shape index (κ1) is 14.1. The predicted molar refractivity (Wildman–Crippen MR) is 78.6 cm³/mol. The lowest BCUT2D eigenvalue weighted by molar-refractivity contribution is 0.0996. The molecule has 0 heterocycles. The predicted octanol–water partition coefficient (Wildman–Crippen LogP) is 1.95. The van der Waals surface area contributed by atoms with Gasteiger partial charge in [-0.3, -0.25) is 4.79 Å². The van der Waals surface area contributed by atoms with Crippen LogP contribution < -0.4 is 15.8 Å². The smallest absolute Gasteiger partial charge is 0.252 e. The van der Waals surface area contributed by atoms with Gasteiger partial charge in [0.2, 0.25) is 0 Å². The molecule has 2 aromatic carbocycles. The van der Waals surface area contributed by atoms with E-state index < -0.39 is 5.91 Å². The van der Waals surface area contributed by atoms with E-state index in [4.69, 9.17) is 10.5 Å². The number of nitrogens with two attached hydrogens (primary N) is 1. The van der Waals surface area contributed by atoms with E-state index in [1.54, 1.807) is 18.2 Å². The third-order valence-corrected chi connectivity index (χ3v) is 2.86. The highest BCUT2D eigenvalue weighted by molar-refractivity contribution is 5.95. The van der Waals surface area contributed by atoms with Crippen LogP contribution in [0.2, 0.25) is 0 Å². The summed E-state index contributed by atoms with van der Waals surface area (Å²) < 4.78 is 5.57. The summed E-state index contributed by atoms with van der Waals surface area (Å²) in [5.74, 6) is 0.0550. The van der Waals surface area contributed by atoms with Crippen LogP contribution >= 0.6 is 0 Å². The zero-order valence-corrected chi connectivity index (χ0v) is 11.2. The normalized spacial score (nSPS) is 10.2. The Morgan fingerprint density at radius 1 is 1.05 bits per heavy atom. The van der Waals surface area contributed by atoms with Crippen LogP contribution in [0.4, 0.5) is 0 Å². The van der Waals surface area contributed by atoms with Crippen LogP contribution in [0.15, 0.2) is 54.6 Å². The standard InChI is InChI=1S/C16H18N2O2/c17-16(19)14-8-4-5-9-15(14)20-11-10-18-12-13-6-2-1-3-7-13/h1-9,18H,10-12H2,(H2,17,19). The van der Waals surface area contributed by atoms with Crippen molar-refractivity contribution in [3.63, 3.8) is 0 Å². The van der Waals surface area contributed by atoms with E-state index in [1.165, 1.54) is 5.56 Å². The van der Waals surface area contributed by atoms with Gasteiger partial charge in [0.05, 0.1) is 5.56 Å². The minimum absolute atomic E-state index is 0.413. The van der Waals surface area contributed by atoms with Gasteiger partial charge in [0, 0.05) is 13.1 Å². The maximum absolute atomic E-state index is 11.2. The van der Waals surface area contributed by atoms with E-state index in [2.05, 4.69) is 17.4 Å². The Morgan fingerprint density at radius 2 is 1.75 bits per heavy atom. The van der Waals surface area contributed by atoms with Gasteiger partial charge in [-0.05, 0) is 17.7 Å². The monoisotopic (exact) mass is 270 g/mol. The molecule has 0 fully saturated rings. The van der Waals surface area contributed by atoms with E-state index in [0.29, 0.717) is 24.5 Å². The quantitative estimate of drug-likeness (QED) is 0.756. The third-order valence-electron chi connectivity index (χ3n) is 2.86. The molecule has 0 radical (unpaired) electrons. The lowest BCUT2D eigenvalue weighted by Crippen LogP contribution is -2.21. The van der Waals surface area contributed by atoms with E-state index in [9.17, 15) is 4.79 Å². The average molecular weight is 270 g/mol. The molecule has 0 aliphatic rings. The van der Waals surface area contributed by atoms with Gasteiger partial charge in [0.25, 0.3) is 5.91 Å². The number of hydrogen-bond donors (Lipinski definition) is 2. The van der Waals surface area contributed by atoms with Crippen molar-refractivity contribution in [1.82, 2.24) is 5.32 Å². The van der Waals surface area contributed by atoms with Crippen molar-refractivity contribution >= 4 is 5.91 Å². The number of primary amides is 1. The van der Waals surface area contributed by atoms with Crippen molar-refractivity contribution in [2.24, 2.45) is 5.73 Å². The van der Waals surface area contributed by atoms with Crippen molar-refractivity contribution in [2.45, 2.75) is 6.54 Å². The lowest BCUT2D eigenvalue weighted by Gasteiger charge is -2.10. The maximum Gasteiger partial charge on any atom is 0.252 e. The van der Waals surface area contributed by atoms with Crippen LogP contribution in [0.5, 0.6) is 5.75 Å². The SMILES string of the molecule is NC(=O)c1ccccc1OCCNCc1ccccc1. The highest BCUT2D eigenvalue weighted by Gasteiger charge is 2.07. The van der Waals surface area contributed by atoms with E-state index in [-0.39, 0.29) is 0 Å². The van der Waals surface area contributed by atoms with Crippen LogP contribution in [-0.2, 0) is 6.54 Å². The lowest BCUT2D eigenvalue weighted by atomic mass is 10.2. The number of para-hydroxylation sites is 1. The zero-order valence-electron chi connectivity index (χ0n) is 11.2. The van der Waals surface area contributed by atoms with Crippen LogP contribution in [-0.4, -0.2) is 19.1 Å². The molecule has 0 spiro atoms. The highest BCUT2D eigenvalue weighted by atomic mass is 16.5. The van der Waals surface area contributed by atoms with Gasteiger partial charge < -0.3 is 15.8 Å². The zero-order chi connectivity index (χ0) is 14.2. The Kier molecular flexibility index (Phi) is 5.15. The van der Waals surface area contributed by atoms with Gasteiger partial charge in [0.15, 0.2) is 0 Å². The Hall–Kier alpha value is -2.33. The van der Waals surface area contributed by atoms with E-state index >= 15 is 0 Å². The second-order valence-electron chi connectivity index (χ2n) is 4.37. The summed E-state index contributed by atoms with van der Waals surface area (Å²) in [5.41, 5.74) is 6.93. The van der Waals surface area contributed by atoms with Crippen molar-refractivity contribution in [1.29, 1.82) is 0 Å².